The van der Waals surface area contributed by atoms with Crippen LogP contribution in [0.25, 0.3) is 0 Å². The summed E-state index contributed by atoms with van der Waals surface area (Å²) in [5.74, 6) is 1.20. The molecule has 0 saturated carbocycles. The molecule has 2 unspecified atom stereocenters. The van der Waals surface area contributed by atoms with Crippen LogP contribution in [0.3, 0.4) is 0 Å². The minimum atomic E-state index is 0.613. The summed E-state index contributed by atoms with van der Waals surface area (Å²) in [4.78, 5) is 1.61. The fourth-order valence-corrected chi connectivity index (χ4v) is 3.88. The summed E-state index contributed by atoms with van der Waals surface area (Å²) >= 11 is 3.85. The molecule has 1 aromatic rings. The molecule has 1 aromatic heterocycles. The fraction of sp³-hybridized carbons (Fsp3) is 0.667. The van der Waals surface area contributed by atoms with E-state index in [2.05, 4.69) is 29.9 Å². The van der Waals surface area contributed by atoms with Gasteiger partial charge in [0.2, 0.25) is 0 Å². The molecule has 15 heavy (non-hydrogen) atoms. The maximum Gasteiger partial charge on any atom is 0.0333 e. The first-order valence-electron chi connectivity index (χ1n) is 5.62. The molecule has 0 fully saturated rings. The van der Waals surface area contributed by atoms with Crippen molar-refractivity contribution >= 4 is 23.1 Å². The molecule has 0 aromatic carbocycles. The van der Waals surface area contributed by atoms with Gasteiger partial charge in [0.05, 0.1) is 0 Å². The highest BCUT2D eigenvalue weighted by Crippen LogP contribution is 2.33. The summed E-state index contributed by atoms with van der Waals surface area (Å²) in [7, 11) is 0. The van der Waals surface area contributed by atoms with Gasteiger partial charge in [-0.2, -0.15) is 11.8 Å². The summed E-state index contributed by atoms with van der Waals surface area (Å²) in [6.07, 6.45) is 6.12. The summed E-state index contributed by atoms with van der Waals surface area (Å²) < 4.78 is 0. The third-order valence-electron chi connectivity index (χ3n) is 2.95. The lowest BCUT2D eigenvalue weighted by Crippen LogP contribution is -2.33. The van der Waals surface area contributed by atoms with E-state index >= 15 is 0 Å². The molecule has 0 spiro atoms. The van der Waals surface area contributed by atoms with Crippen molar-refractivity contribution in [1.29, 1.82) is 0 Å². The van der Waals surface area contributed by atoms with Gasteiger partial charge in [-0.3, -0.25) is 0 Å². The number of rotatable bonds is 4. The molecule has 3 heteroatoms. The van der Waals surface area contributed by atoms with Gasteiger partial charge in [-0.15, -0.1) is 11.3 Å². The molecule has 1 N–H and O–H groups in total. The summed E-state index contributed by atoms with van der Waals surface area (Å²) in [6, 6.07) is 3.54. The first-order valence-corrected chi connectivity index (χ1v) is 7.90. The first kappa shape index (κ1) is 11.5. The van der Waals surface area contributed by atoms with E-state index in [4.69, 9.17) is 0 Å². The van der Waals surface area contributed by atoms with Crippen LogP contribution in [0.15, 0.2) is 11.4 Å². The van der Waals surface area contributed by atoms with Crippen molar-refractivity contribution in [1.82, 2.24) is 5.32 Å². The quantitative estimate of drug-likeness (QED) is 0.866. The van der Waals surface area contributed by atoms with Gasteiger partial charge in [0.15, 0.2) is 0 Å². The highest BCUT2D eigenvalue weighted by molar-refractivity contribution is 7.98. The van der Waals surface area contributed by atoms with Gasteiger partial charge < -0.3 is 5.32 Å². The van der Waals surface area contributed by atoms with Crippen molar-refractivity contribution in [3.8, 4) is 0 Å². The molecule has 1 aliphatic rings. The van der Waals surface area contributed by atoms with E-state index in [-0.39, 0.29) is 0 Å². The molecule has 2 atom stereocenters. The van der Waals surface area contributed by atoms with E-state index in [1.165, 1.54) is 25.0 Å². The second-order valence-corrected chi connectivity index (χ2v) is 6.18. The normalized spacial score (nSPS) is 22.4. The lowest BCUT2D eigenvalue weighted by Gasteiger charge is -2.27. The van der Waals surface area contributed by atoms with Crippen LogP contribution < -0.4 is 5.32 Å². The molecule has 84 valence electrons. The maximum absolute atomic E-state index is 3.75. The molecular formula is C12H19NS2. The number of hydrogen-bond acceptors (Lipinski definition) is 3. The van der Waals surface area contributed by atoms with E-state index in [9.17, 15) is 0 Å². The zero-order valence-corrected chi connectivity index (χ0v) is 11.1. The summed E-state index contributed by atoms with van der Waals surface area (Å²) in [5.41, 5.74) is 1.57. The van der Waals surface area contributed by atoms with Crippen LogP contribution in [0.2, 0.25) is 0 Å². The Morgan fingerprint density at radius 3 is 3.33 bits per heavy atom. The summed E-state index contributed by atoms with van der Waals surface area (Å²) in [5, 5.41) is 5.99. The molecule has 1 heterocycles. The molecule has 0 aliphatic heterocycles. The average Bonchev–Trinajstić information content (AvgIpc) is 2.67. The van der Waals surface area contributed by atoms with Gasteiger partial charge >= 0.3 is 0 Å². The van der Waals surface area contributed by atoms with Crippen molar-refractivity contribution in [2.24, 2.45) is 0 Å². The smallest absolute Gasteiger partial charge is 0.0333 e. The molecule has 0 saturated heterocycles. The zero-order chi connectivity index (χ0) is 10.7. The van der Waals surface area contributed by atoms with Gasteiger partial charge in [0.25, 0.3) is 0 Å². The van der Waals surface area contributed by atoms with Crippen molar-refractivity contribution in [3.63, 3.8) is 0 Å². The van der Waals surface area contributed by atoms with Crippen LogP contribution in [-0.2, 0) is 6.42 Å². The van der Waals surface area contributed by atoms with Gasteiger partial charge in [0.1, 0.15) is 0 Å². The Morgan fingerprint density at radius 2 is 2.53 bits per heavy atom. The Labute approximate surface area is 101 Å². The molecule has 1 aliphatic carbocycles. The fourth-order valence-electron chi connectivity index (χ4n) is 2.30. The lowest BCUT2D eigenvalue weighted by molar-refractivity contribution is 0.429. The van der Waals surface area contributed by atoms with E-state index in [0.717, 1.165) is 0 Å². The second kappa shape index (κ2) is 5.37. The van der Waals surface area contributed by atoms with Crippen LogP contribution in [0.4, 0.5) is 0 Å². The molecular weight excluding hydrogens is 222 g/mol. The monoisotopic (exact) mass is 241 g/mol. The molecule has 0 bridgehead atoms. The Balaban J connectivity index is 2.00. The largest absolute Gasteiger partial charge is 0.307 e. The standard InChI is InChI=1S/C12H19NS2/c1-9(8-14-2)13-11-4-3-5-12-10(11)6-7-15-12/h6-7,9,11,13H,3-5,8H2,1-2H3. The molecule has 1 nitrogen and oxygen atoms in total. The van der Waals surface area contributed by atoms with E-state index in [1.54, 1.807) is 10.4 Å². The average molecular weight is 241 g/mol. The number of thiophene rings is 1. The number of nitrogens with one attached hydrogen (secondary N) is 1. The zero-order valence-electron chi connectivity index (χ0n) is 9.45. The number of hydrogen-bond donors (Lipinski definition) is 1. The topological polar surface area (TPSA) is 12.0 Å². The summed E-state index contributed by atoms with van der Waals surface area (Å²) in [6.45, 7) is 2.29. The van der Waals surface area contributed by atoms with E-state index in [1.807, 2.05) is 23.1 Å². The Morgan fingerprint density at radius 1 is 1.67 bits per heavy atom. The Kier molecular flexibility index (Phi) is 4.12. The van der Waals surface area contributed by atoms with Crippen molar-refractivity contribution < 1.29 is 0 Å². The number of aryl methyl sites for hydroxylation is 1. The van der Waals surface area contributed by atoms with Crippen LogP contribution in [0.5, 0.6) is 0 Å². The predicted octanol–water partition coefficient (Wildman–Crippen LogP) is 3.47. The van der Waals surface area contributed by atoms with Crippen LogP contribution >= 0.6 is 23.1 Å². The lowest BCUT2D eigenvalue weighted by atomic mass is 9.93. The highest BCUT2D eigenvalue weighted by atomic mass is 32.2. The molecule has 0 amide bonds. The molecule has 0 radical (unpaired) electrons. The third-order valence-corrected chi connectivity index (χ3v) is 4.78. The SMILES string of the molecule is CSCC(C)NC1CCCc2sccc21. The van der Waals surface area contributed by atoms with E-state index < -0.39 is 0 Å². The Bertz CT molecular complexity index is 308. The maximum atomic E-state index is 3.75. The van der Waals surface area contributed by atoms with Crippen molar-refractivity contribution in [2.75, 3.05) is 12.0 Å². The van der Waals surface area contributed by atoms with Crippen LogP contribution in [0.1, 0.15) is 36.2 Å². The highest BCUT2D eigenvalue weighted by Gasteiger charge is 2.21. The van der Waals surface area contributed by atoms with Gasteiger partial charge in [-0.1, -0.05) is 0 Å². The van der Waals surface area contributed by atoms with Crippen LogP contribution in [-0.4, -0.2) is 18.1 Å². The van der Waals surface area contributed by atoms with Crippen molar-refractivity contribution in [3.05, 3.63) is 21.9 Å². The second-order valence-electron chi connectivity index (χ2n) is 4.27. The van der Waals surface area contributed by atoms with Gasteiger partial charge in [-0.25, -0.2) is 0 Å². The predicted molar refractivity (Wildman–Crippen MR) is 71.0 cm³/mol. The molecule has 2 rings (SSSR count). The van der Waals surface area contributed by atoms with Crippen molar-refractivity contribution in [2.45, 2.75) is 38.3 Å². The van der Waals surface area contributed by atoms with E-state index in [0.29, 0.717) is 12.1 Å². The van der Waals surface area contributed by atoms with Gasteiger partial charge in [-0.05, 0) is 49.5 Å². The number of fused-ring (bicyclic) bond motifs is 1. The first-order chi connectivity index (χ1) is 7.31. The van der Waals surface area contributed by atoms with Gasteiger partial charge in [0, 0.05) is 22.7 Å². The Hall–Kier alpha value is 0.0100. The third kappa shape index (κ3) is 2.77. The minimum absolute atomic E-state index is 0.613. The minimum Gasteiger partial charge on any atom is -0.307 e. The van der Waals surface area contributed by atoms with Crippen LogP contribution in [0, 0.1) is 0 Å². The number of thioether (sulfide) groups is 1.